The molecule has 0 radical (unpaired) electrons. The number of aliphatic hydroxyl groups excluding tert-OH is 1. The van der Waals surface area contributed by atoms with Crippen molar-refractivity contribution in [1.29, 1.82) is 0 Å². The number of anilines is 1. The topological polar surface area (TPSA) is 81.2 Å². The zero-order chi connectivity index (χ0) is 30.7. The molecule has 1 aromatic carbocycles. The van der Waals surface area contributed by atoms with Crippen LogP contribution in [0.2, 0.25) is 0 Å². The van der Waals surface area contributed by atoms with Gasteiger partial charge in [0.15, 0.2) is 0 Å². The Kier molecular flexibility index (Phi) is 10.3. The third-order valence-electron chi connectivity index (χ3n) is 9.40. The van der Waals surface area contributed by atoms with Crippen LogP contribution in [0.3, 0.4) is 0 Å². The van der Waals surface area contributed by atoms with Crippen molar-refractivity contribution >= 4 is 35.2 Å². The molecule has 0 saturated carbocycles. The van der Waals surface area contributed by atoms with E-state index in [0.29, 0.717) is 32.5 Å². The largest absolute Gasteiger partial charge is 0.394 e. The lowest BCUT2D eigenvalue weighted by molar-refractivity contribution is -0.146. The Morgan fingerprint density at radius 3 is 2.40 bits per heavy atom. The molecule has 8 heteroatoms. The predicted octanol–water partition coefficient (Wildman–Crippen LogP) is 5.30. The van der Waals surface area contributed by atoms with Crippen molar-refractivity contribution in [2.75, 3.05) is 31.1 Å². The number of rotatable bonds is 15. The molecule has 4 rings (SSSR count). The zero-order valence-electron chi connectivity index (χ0n) is 25.8. The van der Waals surface area contributed by atoms with Gasteiger partial charge in [-0.05, 0) is 50.7 Å². The molecule has 3 saturated heterocycles. The molecule has 3 aliphatic heterocycles. The van der Waals surface area contributed by atoms with Crippen LogP contribution in [-0.2, 0) is 14.4 Å². The second-order valence-electron chi connectivity index (χ2n) is 12.8. The Labute approximate surface area is 256 Å². The average molecular weight is 596 g/mol. The number of hydrogen-bond acceptors (Lipinski definition) is 5. The van der Waals surface area contributed by atoms with Crippen LogP contribution in [0.25, 0.3) is 0 Å². The van der Waals surface area contributed by atoms with Crippen LogP contribution in [0.5, 0.6) is 0 Å². The van der Waals surface area contributed by atoms with Gasteiger partial charge >= 0.3 is 0 Å². The summed E-state index contributed by atoms with van der Waals surface area (Å²) in [5.41, 5.74) is 0.767. The lowest BCUT2D eigenvalue weighted by Crippen LogP contribution is -2.57. The summed E-state index contributed by atoms with van der Waals surface area (Å²) in [7, 11) is 0. The SMILES string of the molecule is C=CCN(CCCCC)C(=O)C1N([C@@H](CO)CC(C)C)C(=O)[C@@H]2[C@@H](C(=O)N(CC=C)c3ccccc3)[C@@]3(C)CCC12S3. The molecule has 3 aliphatic rings. The van der Waals surface area contributed by atoms with Crippen molar-refractivity contribution in [3.8, 4) is 0 Å². The first-order valence-electron chi connectivity index (χ1n) is 15.6. The van der Waals surface area contributed by atoms with Gasteiger partial charge in [-0.3, -0.25) is 14.4 Å². The van der Waals surface area contributed by atoms with Crippen LogP contribution in [0.15, 0.2) is 55.6 Å². The first-order chi connectivity index (χ1) is 20.1. The molecule has 2 bridgehead atoms. The highest BCUT2D eigenvalue weighted by Gasteiger charge is 2.78. The van der Waals surface area contributed by atoms with Crippen molar-refractivity contribution in [1.82, 2.24) is 9.80 Å². The molecular weight excluding hydrogens is 546 g/mol. The summed E-state index contributed by atoms with van der Waals surface area (Å²) >= 11 is 1.68. The van der Waals surface area contributed by atoms with Crippen LogP contribution in [-0.4, -0.2) is 80.4 Å². The molecule has 1 spiro atoms. The van der Waals surface area contributed by atoms with Gasteiger partial charge in [-0.1, -0.05) is 64.0 Å². The lowest BCUT2D eigenvalue weighted by atomic mass is 9.66. The molecule has 7 nitrogen and oxygen atoms in total. The fraction of sp³-hybridized carbons (Fsp3) is 0.618. The van der Waals surface area contributed by atoms with Crippen molar-refractivity contribution in [2.45, 2.75) is 87.8 Å². The van der Waals surface area contributed by atoms with Gasteiger partial charge in [-0.25, -0.2) is 0 Å². The summed E-state index contributed by atoms with van der Waals surface area (Å²) in [6.07, 6.45) is 8.40. The summed E-state index contributed by atoms with van der Waals surface area (Å²) in [4.78, 5) is 49.2. The average Bonchev–Trinajstić information content (AvgIpc) is 3.54. The number of carbonyl (C=O) groups is 3. The highest BCUT2D eigenvalue weighted by atomic mass is 32.2. The highest BCUT2D eigenvalue weighted by Crippen LogP contribution is 2.72. The van der Waals surface area contributed by atoms with Crippen LogP contribution in [0.1, 0.15) is 66.2 Å². The van der Waals surface area contributed by atoms with Crippen LogP contribution >= 0.6 is 11.8 Å². The van der Waals surface area contributed by atoms with E-state index in [0.717, 1.165) is 31.4 Å². The molecule has 1 N–H and O–H groups in total. The minimum Gasteiger partial charge on any atom is -0.394 e. The summed E-state index contributed by atoms with van der Waals surface area (Å²) in [6, 6.07) is 8.30. The monoisotopic (exact) mass is 595 g/mol. The fourth-order valence-corrected chi connectivity index (χ4v) is 9.96. The fourth-order valence-electron chi connectivity index (χ4n) is 7.63. The van der Waals surface area contributed by atoms with E-state index >= 15 is 0 Å². The normalized spacial score (nSPS) is 28.6. The number of fused-ring (bicyclic) bond motifs is 1. The molecule has 3 fully saturated rings. The molecule has 6 atom stereocenters. The number of para-hydroxylation sites is 1. The smallest absolute Gasteiger partial charge is 0.247 e. The highest BCUT2D eigenvalue weighted by molar-refractivity contribution is 8.02. The Morgan fingerprint density at radius 2 is 1.81 bits per heavy atom. The molecule has 42 heavy (non-hydrogen) atoms. The maximum atomic E-state index is 14.7. The van der Waals surface area contributed by atoms with E-state index in [9.17, 15) is 19.5 Å². The number of amides is 3. The minimum atomic E-state index is -0.735. The van der Waals surface area contributed by atoms with Crippen LogP contribution in [0.4, 0.5) is 5.69 Å². The van der Waals surface area contributed by atoms with Crippen molar-refractivity contribution in [3.05, 3.63) is 55.6 Å². The van der Waals surface area contributed by atoms with E-state index in [2.05, 4.69) is 40.9 Å². The van der Waals surface area contributed by atoms with Gasteiger partial charge in [0.25, 0.3) is 0 Å². The zero-order valence-corrected chi connectivity index (χ0v) is 26.7. The molecule has 3 amide bonds. The second kappa shape index (κ2) is 13.4. The summed E-state index contributed by atoms with van der Waals surface area (Å²) in [5.74, 6) is -1.35. The Hall–Kier alpha value is -2.58. The van der Waals surface area contributed by atoms with Gasteiger partial charge in [-0.2, -0.15) is 0 Å². The van der Waals surface area contributed by atoms with Crippen molar-refractivity contribution in [3.63, 3.8) is 0 Å². The first-order valence-corrected chi connectivity index (χ1v) is 16.4. The number of hydrogen-bond donors (Lipinski definition) is 1. The van der Waals surface area contributed by atoms with Crippen LogP contribution < -0.4 is 4.90 Å². The van der Waals surface area contributed by atoms with Gasteiger partial charge in [0.05, 0.1) is 29.2 Å². The van der Waals surface area contributed by atoms with E-state index in [1.165, 1.54) is 0 Å². The second-order valence-corrected chi connectivity index (χ2v) is 14.7. The Balaban J connectivity index is 1.81. The number of likely N-dealkylation sites (tertiary alicyclic amines) is 1. The quantitative estimate of drug-likeness (QED) is 0.220. The summed E-state index contributed by atoms with van der Waals surface area (Å²) in [5, 5.41) is 10.6. The summed E-state index contributed by atoms with van der Waals surface area (Å²) < 4.78 is -1.21. The molecule has 0 aliphatic carbocycles. The van der Waals surface area contributed by atoms with Gasteiger partial charge in [0.2, 0.25) is 17.7 Å². The van der Waals surface area contributed by atoms with Crippen molar-refractivity contribution in [2.24, 2.45) is 17.8 Å². The van der Waals surface area contributed by atoms with E-state index < -0.39 is 33.4 Å². The number of unbranched alkanes of at least 4 members (excludes halogenated alkanes) is 2. The van der Waals surface area contributed by atoms with E-state index in [-0.39, 0.29) is 30.2 Å². The maximum Gasteiger partial charge on any atom is 0.247 e. The number of benzene rings is 1. The standard InChI is InChI=1S/C34H49N3O4S/c1-7-10-14-21-35(19-8-2)32(41)29-34-18-17-33(6,42-34)27(28(34)31(40)37(29)26(23-38)22-24(4)5)30(39)36(20-9-3)25-15-12-11-13-16-25/h8-9,11-13,15-16,24,26-29,38H,2-3,7,10,14,17-23H2,1,4-6H3/t26-,27+,28+,29?,33-,34?/m1/s1. The Morgan fingerprint density at radius 1 is 1.12 bits per heavy atom. The third kappa shape index (κ3) is 5.69. The van der Waals surface area contributed by atoms with E-state index in [4.69, 9.17) is 0 Å². The van der Waals surface area contributed by atoms with Gasteiger partial charge in [0, 0.05) is 30.1 Å². The minimum absolute atomic E-state index is 0.0834. The lowest BCUT2D eigenvalue weighted by Gasteiger charge is -2.40. The van der Waals surface area contributed by atoms with Gasteiger partial charge < -0.3 is 19.8 Å². The molecule has 3 heterocycles. The first kappa shape index (κ1) is 32.3. The van der Waals surface area contributed by atoms with Gasteiger partial charge in [0.1, 0.15) is 6.04 Å². The molecule has 1 aromatic rings. The maximum absolute atomic E-state index is 14.7. The number of thioether (sulfide) groups is 1. The molecule has 2 unspecified atom stereocenters. The van der Waals surface area contributed by atoms with Gasteiger partial charge in [-0.15, -0.1) is 24.9 Å². The van der Waals surface area contributed by atoms with E-state index in [1.807, 2.05) is 35.2 Å². The van der Waals surface area contributed by atoms with E-state index in [1.54, 1.807) is 33.7 Å². The third-order valence-corrected chi connectivity index (χ3v) is 11.4. The molecule has 0 aromatic heterocycles. The number of nitrogens with zero attached hydrogens (tertiary/aromatic N) is 3. The predicted molar refractivity (Wildman–Crippen MR) is 171 cm³/mol. The molecule has 230 valence electrons. The number of carbonyl (C=O) groups excluding carboxylic acids is 3. The number of aliphatic hydroxyl groups is 1. The summed E-state index contributed by atoms with van der Waals surface area (Å²) in [6.45, 7) is 17.3. The van der Waals surface area contributed by atoms with Crippen molar-refractivity contribution < 1.29 is 19.5 Å². The van der Waals surface area contributed by atoms with Crippen LogP contribution in [0, 0.1) is 17.8 Å². The Bertz CT molecular complexity index is 1160. The molecular formula is C34H49N3O4S.